The Morgan fingerprint density at radius 2 is 1.62 bits per heavy atom. The summed E-state index contributed by atoms with van der Waals surface area (Å²) in [6, 6.07) is 3.79. The Labute approximate surface area is 119 Å². The number of esters is 1. The summed E-state index contributed by atoms with van der Waals surface area (Å²) in [4.78, 5) is 11.7. The van der Waals surface area contributed by atoms with Crippen LogP contribution in [0.1, 0.15) is 32.4 Å². The fourth-order valence-corrected chi connectivity index (χ4v) is 1.66. The Morgan fingerprint density at radius 3 is 2.00 bits per heavy atom. The lowest BCUT2D eigenvalue weighted by Gasteiger charge is -2.28. The summed E-state index contributed by atoms with van der Waals surface area (Å²) >= 11 is 0. The summed E-state index contributed by atoms with van der Waals surface area (Å²) in [6.45, 7) is 4.26. The van der Waals surface area contributed by atoms with Crippen molar-refractivity contribution in [2.24, 2.45) is 5.92 Å². The van der Waals surface area contributed by atoms with Gasteiger partial charge in [-0.3, -0.25) is 4.79 Å². The minimum Gasteiger partial charge on any atom is -0.459 e. The van der Waals surface area contributed by atoms with Gasteiger partial charge in [0.1, 0.15) is 17.5 Å². The third kappa shape index (κ3) is 5.00. The molecule has 7 heteroatoms. The van der Waals surface area contributed by atoms with Crippen molar-refractivity contribution >= 4 is 5.97 Å². The molecule has 3 nitrogen and oxygen atoms in total. The van der Waals surface area contributed by atoms with Crippen LogP contribution in [0.4, 0.5) is 17.6 Å². The molecule has 1 aromatic rings. The molecular weight excluding hydrogens is 292 g/mol. The normalized spacial score (nSPS) is 15.4. The molecule has 0 amide bonds. The van der Waals surface area contributed by atoms with Gasteiger partial charge in [-0.15, -0.1) is 0 Å². The molecule has 2 atom stereocenters. The predicted molar refractivity (Wildman–Crippen MR) is 66.7 cm³/mol. The Balaban J connectivity index is 3.08. The Hall–Kier alpha value is -1.63. The van der Waals surface area contributed by atoms with E-state index in [0.29, 0.717) is 0 Å². The largest absolute Gasteiger partial charge is 0.459 e. The van der Waals surface area contributed by atoms with Gasteiger partial charge in [-0.1, -0.05) is 12.1 Å². The van der Waals surface area contributed by atoms with Gasteiger partial charge < -0.3 is 9.84 Å². The van der Waals surface area contributed by atoms with Gasteiger partial charge in [0.05, 0.1) is 0 Å². The van der Waals surface area contributed by atoms with E-state index < -0.39 is 35.6 Å². The minimum absolute atomic E-state index is 0.218. The zero-order valence-corrected chi connectivity index (χ0v) is 11.7. The molecule has 1 rings (SSSR count). The van der Waals surface area contributed by atoms with Gasteiger partial charge in [0, 0.05) is 0 Å². The number of carbonyl (C=O) groups is 1. The fourth-order valence-electron chi connectivity index (χ4n) is 1.66. The van der Waals surface area contributed by atoms with Crippen molar-refractivity contribution in [3.8, 4) is 0 Å². The molecule has 0 unspecified atom stereocenters. The van der Waals surface area contributed by atoms with Crippen LogP contribution < -0.4 is 0 Å². The lowest BCUT2D eigenvalue weighted by Crippen LogP contribution is -2.40. The van der Waals surface area contributed by atoms with Gasteiger partial charge in [-0.2, -0.15) is 13.2 Å². The molecule has 0 spiro atoms. The van der Waals surface area contributed by atoms with Gasteiger partial charge >= 0.3 is 12.1 Å². The van der Waals surface area contributed by atoms with Gasteiger partial charge in [0.2, 0.25) is 0 Å². The number of aliphatic hydroxyl groups is 1. The van der Waals surface area contributed by atoms with Gasteiger partial charge in [-0.25, -0.2) is 4.39 Å². The first-order chi connectivity index (χ1) is 9.42. The summed E-state index contributed by atoms with van der Waals surface area (Å²) in [6.07, 6.45) is -7.16. The average Bonchev–Trinajstić information content (AvgIpc) is 2.25. The first-order valence-electron chi connectivity index (χ1n) is 6.15. The number of hydrogen-bond acceptors (Lipinski definition) is 3. The van der Waals surface area contributed by atoms with Gasteiger partial charge in [0.15, 0.2) is 5.92 Å². The molecule has 21 heavy (non-hydrogen) atoms. The van der Waals surface area contributed by atoms with E-state index in [0.717, 1.165) is 24.3 Å². The number of aliphatic hydroxyl groups excluding tert-OH is 1. The molecule has 0 fully saturated rings. The number of rotatable bonds is 3. The van der Waals surface area contributed by atoms with E-state index in [4.69, 9.17) is 4.74 Å². The molecule has 0 aliphatic rings. The van der Waals surface area contributed by atoms with Crippen molar-refractivity contribution in [2.45, 2.75) is 38.7 Å². The molecule has 1 N–H and O–H groups in total. The quantitative estimate of drug-likeness (QED) is 0.688. The van der Waals surface area contributed by atoms with Crippen LogP contribution in [0.5, 0.6) is 0 Å². The summed E-state index contributed by atoms with van der Waals surface area (Å²) in [5.74, 6) is -4.97. The molecular formula is C14H16F4O3. The van der Waals surface area contributed by atoms with E-state index in [1.54, 1.807) is 0 Å². The topological polar surface area (TPSA) is 46.5 Å². The Kier molecular flexibility index (Phi) is 4.99. The van der Waals surface area contributed by atoms with E-state index in [1.807, 2.05) is 0 Å². The van der Waals surface area contributed by atoms with Crippen LogP contribution >= 0.6 is 0 Å². The molecule has 118 valence electrons. The number of ether oxygens (including phenoxy) is 1. The molecule has 0 radical (unpaired) electrons. The van der Waals surface area contributed by atoms with Crippen LogP contribution in [-0.2, 0) is 9.53 Å². The fraction of sp³-hybridized carbons (Fsp3) is 0.500. The standard InChI is InChI=1S/C14H16F4O3/c1-13(2,3)21-12(20)10(14(16,17)18)11(19)8-4-6-9(15)7-5-8/h4-7,10-11,19H,1-3H3/t10-,11-/m1/s1. The first kappa shape index (κ1) is 17.4. The van der Waals surface area contributed by atoms with E-state index in [9.17, 15) is 27.5 Å². The van der Waals surface area contributed by atoms with Crippen LogP contribution in [-0.4, -0.2) is 22.9 Å². The number of halogens is 4. The highest BCUT2D eigenvalue weighted by molar-refractivity contribution is 5.74. The zero-order valence-electron chi connectivity index (χ0n) is 11.7. The van der Waals surface area contributed by atoms with Gasteiger partial charge in [0.25, 0.3) is 0 Å². The third-order valence-corrected chi connectivity index (χ3v) is 2.54. The monoisotopic (exact) mass is 308 g/mol. The van der Waals surface area contributed by atoms with Crippen LogP contribution in [0.3, 0.4) is 0 Å². The predicted octanol–water partition coefficient (Wildman–Crippen LogP) is 3.38. The molecule has 0 aromatic heterocycles. The molecule has 0 aliphatic heterocycles. The summed E-state index contributed by atoms with van der Waals surface area (Å²) < 4.78 is 56.5. The van der Waals surface area contributed by atoms with E-state index in [-0.39, 0.29) is 5.56 Å². The molecule has 0 heterocycles. The molecule has 0 saturated heterocycles. The maximum Gasteiger partial charge on any atom is 0.405 e. The lowest BCUT2D eigenvalue weighted by molar-refractivity contribution is -0.221. The second kappa shape index (κ2) is 6.01. The van der Waals surface area contributed by atoms with Gasteiger partial charge in [-0.05, 0) is 38.5 Å². The van der Waals surface area contributed by atoms with Crippen molar-refractivity contribution in [3.63, 3.8) is 0 Å². The maximum atomic E-state index is 13.0. The molecule has 0 bridgehead atoms. The summed E-state index contributed by atoms with van der Waals surface area (Å²) in [5, 5.41) is 9.83. The highest BCUT2D eigenvalue weighted by Gasteiger charge is 2.51. The number of alkyl halides is 3. The summed E-state index contributed by atoms with van der Waals surface area (Å²) in [5.41, 5.74) is -1.34. The molecule has 1 aromatic carbocycles. The minimum atomic E-state index is -4.99. The van der Waals surface area contributed by atoms with E-state index in [1.165, 1.54) is 20.8 Å². The second-order valence-electron chi connectivity index (χ2n) is 5.55. The van der Waals surface area contributed by atoms with E-state index in [2.05, 4.69) is 0 Å². The smallest absolute Gasteiger partial charge is 0.405 e. The third-order valence-electron chi connectivity index (χ3n) is 2.54. The van der Waals surface area contributed by atoms with Crippen LogP contribution in [0.15, 0.2) is 24.3 Å². The number of carbonyl (C=O) groups excluding carboxylic acids is 1. The lowest BCUT2D eigenvalue weighted by atomic mass is 9.95. The van der Waals surface area contributed by atoms with Crippen LogP contribution in [0.25, 0.3) is 0 Å². The Morgan fingerprint density at radius 1 is 1.14 bits per heavy atom. The van der Waals surface area contributed by atoms with Crippen molar-refractivity contribution in [1.29, 1.82) is 0 Å². The maximum absolute atomic E-state index is 13.0. The zero-order chi connectivity index (χ0) is 16.4. The van der Waals surface area contributed by atoms with Crippen molar-refractivity contribution in [3.05, 3.63) is 35.6 Å². The highest BCUT2D eigenvalue weighted by atomic mass is 19.4. The number of hydrogen-bond donors (Lipinski definition) is 1. The van der Waals surface area contributed by atoms with Crippen LogP contribution in [0, 0.1) is 11.7 Å². The summed E-state index contributed by atoms with van der Waals surface area (Å²) in [7, 11) is 0. The van der Waals surface area contributed by atoms with Crippen molar-refractivity contribution in [1.82, 2.24) is 0 Å². The van der Waals surface area contributed by atoms with Crippen molar-refractivity contribution < 1.29 is 32.2 Å². The average molecular weight is 308 g/mol. The van der Waals surface area contributed by atoms with Crippen LogP contribution in [0.2, 0.25) is 0 Å². The second-order valence-corrected chi connectivity index (χ2v) is 5.55. The first-order valence-corrected chi connectivity index (χ1v) is 6.15. The van der Waals surface area contributed by atoms with E-state index >= 15 is 0 Å². The number of benzene rings is 1. The highest BCUT2D eigenvalue weighted by Crippen LogP contribution is 2.37. The SMILES string of the molecule is CC(C)(C)OC(=O)[C@@H]([C@H](O)c1ccc(F)cc1)C(F)(F)F. The Bertz CT molecular complexity index is 488. The molecule has 0 aliphatic carbocycles. The van der Waals surface area contributed by atoms with Crippen molar-refractivity contribution in [2.75, 3.05) is 0 Å². The molecule has 0 saturated carbocycles.